The van der Waals surface area contributed by atoms with Crippen molar-refractivity contribution in [3.63, 3.8) is 0 Å². The second-order valence-corrected chi connectivity index (χ2v) is 6.58. The Morgan fingerprint density at radius 1 is 1.15 bits per heavy atom. The molecule has 26 heavy (non-hydrogen) atoms. The summed E-state index contributed by atoms with van der Waals surface area (Å²) in [4.78, 5) is 0. The maximum atomic E-state index is 6.18. The molecule has 4 nitrogen and oxygen atoms in total. The molecule has 1 atom stereocenters. The van der Waals surface area contributed by atoms with Gasteiger partial charge in [0.2, 0.25) is 0 Å². The smallest absolute Gasteiger partial charge is 0.126 e. The standard InChI is InChI=1S/C22H29NO3/c1-2-24-14-6-13-23-16-21-12-10-19-9-11-20(15-22(19)26-21)25-17-18-7-4-3-5-8-18/h3-5,7-9,11,15,21,23H,2,6,10,12-14,16-17H2,1H3/t21-/m1/s1. The van der Waals surface area contributed by atoms with Crippen LogP contribution in [-0.2, 0) is 17.8 Å². The number of hydrogen-bond donors (Lipinski definition) is 1. The van der Waals surface area contributed by atoms with E-state index in [0.717, 1.165) is 57.1 Å². The molecule has 0 saturated carbocycles. The molecule has 0 radical (unpaired) electrons. The molecule has 1 aliphatic heterocycles. The topological polar surface area (TPSA) is 39.7 Å². The minimum atomic E-state index is 0.221. The Hall–Kier alpha value is -2.04. The Balaban J connectivity index is 1.46. The van der Waals surface area contributed by atoms with Gasteiger partial charge in [-0.05, 0) is 49.9 Å². The number of ether oxygens (including phenoxy) is 3. The Bertz CT molecular complexity index is 660. The zero-order valence-electron chi connectivity index (χ0n) is 15.6. The molecule has 1 heterocycles. The van der Waals surface area contributed by atoms with Crippen LogP contribution >= 0.6 is 0 Å². The Labute approximate surface area is 156 Å². The first-order valence-electron chi connectivity index (χ1n) is 9.60. The molecule has 0 unspecified atom stereocenters. The Kier molecular flexibility index (Phi) is 7.35. The van der Waals surface area contributed by atoms with Crippen LogP contribution in [0, 0.1) is 0 Å². The first kappa shape index (κ1) is 18.7. The maximum absolute atomic E-state index is 6.18. The third kappa shape index (κ3) is 5.75. The van der Waals surface area contributed by atoms with E-state index < -0.39 is 0 Å². The quantitative estimate of drug-likeness (QED) is 0.655. The molecule has 1 N–H and O–H groups in total. The molecule has 0 aliphatic carbocycles. The van der Waals surface area contributed by atoms with Crippen molar-refractivity contribution in [2.24, 2.45) is 0 Å². The number of fused-ring (bicyclic) bond motifs is 1. The number of hydrogen-bond acceptors (Lipinski definition) is 4. The lowest BCUT2D eigenvalue weighted by atomic mass is 10.0. The van der Waals surface area contributed by atoms with Gasteiger partial charge in [0.15, 0.2) is 0 Å². The molecule has 1 aliphatic rings. The first-order chi connectivity index (χ1) is 12.8. The lowest BCUT2D eigenvalue weighted by molar-refractivity contribution is 0.140. The van der Waals surface area contributed by atoms with E-state index in [1.807, 2.05) is 37.3 Å². The molecule has 3 rings (SSSR count). The highest BCUT2D eigenvalue weighted by atomic mass is 16.5. The Morgan fingerprint density at radius 2 is 2.04 bits per heavy atom. The second-order valence-electron chi connectivity index (χ2n) is 6.58. The van der Waals surface area contributed by atoms with E-state index in [4.69, 9.17) is 14.2 Å². The molecular formula is C22H29NO3. The Morgan fingerprint density at radius 3 is 2.88 bits per heavy atom. The normalized spacial score (nSPS) is 16.0. The summed E-state index contributed by atoms with van der Waals surface area (Å²) in [7, 11) is 0. The molecular weight excluding hydrogens is 326 g/mol. The van der Waals surface area contributed by atoms with Crippen molar-refractivity contribution >= 4 is 0 Å². The van der Waals surface area contributed by atoms with Crippen molar-refractivity contribution in [3.05, 3.63) is 59.7 Å². The summed E-state index contributed by atoms with van der Waals surface area (Å²) in [5.41, 5.74) is 2.44. The fourth-order valence-electron chi connectivity index (χ4n) is 3.09. The minimum Gasteiger partial charge on any atom is -0.489 e. The molecule has 0 saturated heterocycles. The fraction of sp³-hybridized carbons (Fsp3) is 0.455. The van der Waals surface area contributed by atoms with E-state index in [1.54, 1.807) is 0 Å². The van der Waals surface area contributed by atoms with Crippen molar-refractivity contribution in [2.75, 3.05) is 26.3 Å². The fourth-order valence-corrected chi connectivity index (χ4v) is 3.09. The van der Waals surface area contributed by atoms with Crippen molar-refractivity contribution in [1.82, 2.24) is 5.32 Å². The average Bonchev–Trinajstić information content (AvgIpc) is 2.69. The molecule has 0 bridgehead atoms. The third-order valence-corrected chi connectivity index (χ3v) is 4.53. The van der Waals surface area contributed by atoms with Crippen LogP contribution in [-0.4, -0.2) is 32.4 Å². The zero-order valence-corrected chi connectivity index (χ0v) is 15.6. The summed E-state index contributed by atoms with van der Waals surface area (Å²) in [6.07, 6.45) is 3.36. The summed E-state index contributed by atoms with van der Waals surface area (Å²) in [6, 6.07) is 16.4. The van der Waals surface area contributed by atoms with Gasteiger partial charge in [0.25, 0.3) is 0 Å². The third-order valence-electron chi connectivity index (χ3n) is 4.53. The number of aryl methyl sites for hydroxylation is 1. The molecule has 2 aromatic carbocycles. The van der Waals surface area contributed by atoms with Crippen molar-refractivity contribution in [3.8, 4) is 11.5 Å². The average molecular weight is 355 g/mol. The minimum absolute atomic E-state index is 0.221. The van der Waals surface area contributed by atoms with E-state index in [2.05, 4.69) is 23.5 Å². The summed E-state index contributed by atoms with van der Waals surface area (Å²) in [5.74, 6) is 1.82. The lowest BCUT2D eigenvalue weighted by Crippen LogP contribution is -2.34. The lowest BCUT2D eigenvalue weighted by Gasteiger charge is -2.27. The van der Waals surface area contributed by atoms with E-state index in [9.17, 15) is 0 Å². The SMILES string of the molecule is CCOCCCNC[C@H]1CCc2ccc(OCc3ccccc3)cc2O1. The highest BCUT2D eigenvalue weighted by Crippen LogP contribution is 2.31. The van der Waals surface area contributed by atoms with Crippen LogP contribution in [0.2, 0.25) is 0 Å². The number of benzene rings is 2. The predicted octanol–water partition coefficient (Wildman–Crippen LogP) is 3.98. The van der Waals surface area contributed by atoms with E-state index in [-0.39, 0.29) is 6.10 Å². The number of rotatable bonds is 10. The molecule has 2 aromatic rings. The monoisotopic (exact) mass is 355 g/mol. The van der Waals surface area contributed by atoms with Crippen LogP contribution in [0.3, 0.4) is 0 Å². The van der Waals surface area contributed by atoms with Crippen molar-refractivity contribution in [1.29, 1.82) is 0 Å². The molecule has 140 valence electrons. The van der Waals surface area contributed by atoms with Crippen LogP contribution in [0.25, 0.3) is 0 Å². The van der Waals surface area contributed by atoms with Crippen LogP contribution in [0.1, 0.15) is 30.9 Å². The summed E-state index contributed by atoms with van der Waals surface area (Å²) in [5, 5.41) is 3.47. The molecule has 4 heteroatoms. The molecule has 0 amide bonds. The van der Waals surface area contributed by atoms with Crippen LogP contribution in [0.4, 0.5) is 0 Å². The van der Waals surface area contributed by atoms with Crippen LogP contribution < -0.4 is 14.8 Å². The predicted molar refractivity (Wildman–Crippen MR) is 104 cm³/mol. The molecule has 0 spiro atoms. The van der Waals surface area contributed by atoms with Crippen LogP contribution in [0.15, 0.2) is 48.5 Å². The van der Waals surface area contributed by atoms with Gasteiger partial charge in [0, 0.05) is 25.8 Å². The van der Waals surface area contributed by atoms with E-state index in [1.165, 1.54) is 11.1 Å². The van der Waals surface area contributed by atoms with Crippen LogP contribution in [0.5, 0.6) is 11.5 Å². The van der Waals surface area contributed by atoms with Gasteiger partial charge >= 0.3 is 0 Å². The maximum Gasteiger partial charge on any atom is 0.126 e. The van der Waals surface area contributed by atoms with Gasteiger partial charge in [0.1, 0.15) is 24.2 Å². The largest absolute Gasteiger partial charge is 0.489 e. The highest BCUT2D eigenvalue weighted by Gasteiger charge is 2.20. The number of nitrogens with one attached hydrogen (secondary N) is 1. The van der Waals surface area contributed by atoms with Gasteiger partial charge in [-0.25, -0.2) is 0 Å². The van der Waals surface area contributed by atoms with Gasteiger partial charge in [-0.15, -0.1) is 0 Å². The van der Waals surface area contributed by atoms with Gasteiger partial charge in [-0.2, -0.15) is 0 Å². The highest BCUT2D eigenvalue weighted by molar-refractivity contribution is 5.42. The van der Waals surface area contributed by atoms with Gasteiger partial charge in [0.05, 0.1) is 0 Å². The van der Waals surface area contributed by atoms with E-state index >= 15 is 0 Å². The molecule has 0 aromatic heterocycles. The van der Waals surface area contributed by atoms with E-state index in [0.29, 0.717) is 6.61 Å². The van der Waals surface area contributed by atoms with Gasteiger partial charge in [-0.3, -0.25) is 0 Å². The summed E-state index contributed by atoms with van der Waals surface area (Å²) in [6.45, 7) is 6.05. The summed E-state index contributed by atoms with van der Waals surface area (Å²) < 4.78 is 17.5. The molecule has 0 fully saturated rings. The summed E-state index contributed by atoms with van der Waals surface area (Å²) >= 11 is 0. The van der Waals surface area contributed by atoms with Crippen molar-refractivity contribution < 1.29 is 14.2 Å². The van der Waals surface area contributed by atoms with Crippen molar-refractivity contribution in [2.45, 2.75) is 38.9 Å². The van der Waals surface area contributed by atoms with Gasteiger partial charge < -0.3 is 19.5 Å². The van der Waals surface area contributed by atoms with Gasteiger partial charge in [-0.1, -0.05) is 36.4 Å². The zero-order chi connectivity index (χ0) is 18.0. The second kappa shape index (κ2) is 10.2. The first-order valence-corrected chi connectivity index (χ1v) is 9.60.